The number of hydrogen-bond acceptors (Lipinski definition) is 3. The van der Waals surface area contributed by atoms with Crippen LogP contribution in [0.15, 0.2) is 24.3 Å². The average molecular weight is 341 g/mol. The molecule has 2 amide bonds. The highest BCUT2D eigenvalue weighted by Gasteiger charge is 2.19. The van der Waals surface area contributed by atoms with Gasteiger partial charge in [-0.25, -0.2) is 4.79 Å². The second-order valence-corrected chi connectivity index (χ2v) is 6.85. The van der Waals surface area contributed by atoms with Crippen LogP contribution < -0.4 is 5.32 Å². The van der Waals surface area contributed by atoms with Crippen LogP contribution in [0.4, 0.5) is 4.79 Å². The summed E-state index contributed by atoms with van der Waals surface area (Å²) in [4.78, 5) is 25.4. The molecule has 6 heteroatoms. The largest absolute Gasteiger partial charge is 0.444 e. The molecule has 1 N–H and O–H groups in total. The molecule has 0 aliphatic heterocycles. The van der Waals surface area contributed by atoms with Gasteiger partial charge in [0, 0.05) is 25.0 Å². The average Bonchev–Trinajstić information content (AvgIpc) is 2.43. The van der Waals surface area contributed by atoms with E-state index in [4.69, 9.17) is 16.3 Å². The number of ether oxygens (including phenoxy) is 1. The Balaban J connectivity index is 2.46. The minimum atomic E-state index is -0.550. The van der Waals surface area contributed by atoms with Crippen LogP contribution >= 0.6 is 11.6 Å². The molecule has 1 atom stereocenters. The van der Waals surface area contributed by atoms with Crippen LogP contribution in [-0.2, 0) is 9.53 Å². The predicted molar refractivity (Wildman–Crippen MR) is 91.5 cm³/mol. The molecule has 5 nitrogen and oxygen atoms in total. The minimum absolute atomic E-state index is 0.0615. The molecule has 0 fully saturated rings. The molecule has 0 aliphatic carbocycles. The monoisotopic (exact) mass is 340 g/mol. The van der Waals surface area contributed by atoms with Crippen LogP contribution in [0.2, 0.25) is 5.02 Å². The number of amides is 2. The van der Waals surface area contributed by atoms with E-state index >= 15 is 0 Å². The molecular weight excluding hydrogens is 316 g/mol. The van der Waals surface area contributed by atoms with Gasteiger partial charge in [0.1, 0.15) is 5.60 Å². The zero-order chi connectivity index (χ0) is 17.6. The van der Waals surface area contributed by atoms with Crippen LogP contribution in [-0.4, -0.2) is 36.1 Å². The number of hydrogen-bond donors (Lipinski definition) is 1. The minimum Gasteiger partial charge on any atom is -0.444 e. The number of nitrogens with one attached hydrogen (secondary N) is 1. The van der Waals surface area contributed by atoms with E-state index in [0.29, 0.717) is 5.02 Å². The fraction of sp³-hybridized carbons (Fsp3) is 0.529. The molecule has 0 bridgehead atoms. The van der Waals surface area contributed by atoms with Crippen molar-refractivity contribution in [3.05, 3.63) is 34.9 Å². The fourth-order valence-electron chi connectivity index (χ4n) is 1.97. The lowest BCUT2D eigenvalue weighted by Gasteiger charge is -2.26. The van der Waals surface area contributed by atoms with Crippen LogP contribution in [0.5, 0.6) is 0 Å². The number of carbonyl (C=O) groups is 2. The summed E-state index contributed by atoms with van der Waals surface area (Å²) in [6, 6.07) is 7.33. The summed E-state index contributed by atoms with van der Waals surface area (Å²) in [7, 11) is 1.74. The van der Waals surface area contributed by atoms with Crippen molar-refractivity contribution in [3.8, 4) is 0 Å². The molecule has 1 rings (SSSR count). The van der Waals surface area contributed by atoms with Gasteiger partial charge in [-0.2, -0.15) is 0 Å². The maximum atomic E-state index is 12.2. The van der Waals surface area contributed by atoms with Crippen molar-refractivity contribution in [1.29, 1.82) is 0 Å². The van der Waals surface area contributed by atoms with E-state index in [1.165, 1.54) is 0 Å². The number of alkyl carbamates (subject to hydrolysis) is 1. The lowest BCUT2D eigenvalue weighted by atomic mass is 10.1. The van der Waals surface area contributed by atoms with Crippen LogP contribution in [0.25, 0.3) is 0 Å². The van der Waals surface area contributed by atoms with E-state index in [0.717, 1.165) is 5.56 Å². The number of carbonyl (C=O) groups excluding carboxylic acids is 2. The van der Waals surface area contributed by atoms with Crippen LogP contribution in [0.3, 0.4) is 0 Å². The summed E-state index contributed by atoms with van der Waals surface area (Å²) in [6.07, 6.45) is -0.309. The number of halogens is 1. The van der Waals surface area contributed by atoms with Gasteiger partial charge in [-0.1, -0.05) is 23.7 Å². The first-order chi connectivity index (χ1) is 10.6. The van der Waals surface area contributed by atoms with E-state index in [2.05, 4.69) is 5.32 Å². The second kappa shape index (κ2) is 8.20. The SMILES string of the molecule is CC(c1cccc(Cl)c1)N(C)C(=O)CCNC(=O)OC(C)(C)C. The normalized spacial score (nSPS) is 12.4. The highest BCUT2D eigenvalue weighted by atomic mass is 35.5. The summed E-state index contributed by atoms with van der Waals surface area (Å²) in [5.41, 5.74) is 0.417. The van der Waals surface area contributed by atoms with Crippen molar-refractivity contribution < 1.29 is 14.3 Å². The Hall–Kier alpha value is -1.75. The topological polar surface area (TPSA) is 58.6 Å². The Kier molecular flexibility index (Phi) is 6.88. The molecule has 0 radical (unpaired) electrons. The third-order valence-corrected chi connectivity index (χ3v) is 3.55. The summed E-state index contributed by atoms with van der Waals surface area (Å²) >= 11 is 5.98. The molecule has 0 heterocycles. The van der Waals surface area contributed by atoms with Gasteiger partial charge in [0.15, 0.2) is 0 Å². The van der Waals surface area contributed by atoms with Gasteiger partial charge < -0.3 is 15.0 Å². The van der Waals surface area contributed by atoms with Gasteiger partial charge in [-0.05, 0) is 45.4 Å². The Bertz CT molecular complexity index is 555. The fourth-order valence-corrected chi connectivity index (χ4v) is 2.17. The summed E-state index contributed by atoms with van der Waals surface area (Å²) in [5, 5.41) is 3.22. The van der Waals surface area contributed by atoms with Gasteiger partial charge in [0.05, 0.1) is 6.04 Å². The molecular formula is C17H25ClN2O3. The Morgan fingerprint density at radius 2 is 2.00 bits per heavy atom. The van der Waals surface area contributed by atoms with E-state index < -0.39 is 11.7 Å². The molecule has 0 aromatic heterocycles. The molecule has 23 heavy (non-hydrogen) atoms. The molecule has 128 valence electrons. The van der Waals surface area contributed by atoms with Crippen molar-refractivity contribution >= 4 is 23.6 Å². The van der Waals surface area contributed by atoms with E-state index in [1.54, 1.807) is 38.8 Å². The molecule has 0 aliphatic rings. The predicted octanol–water partition coefficient (Wildman–Crippen LogP) is 3.77. The standard InChI is InChI=1S/C17H25ClN2O3/c1-12(13-7-6-8-14(18)11-13)20(5)15(21)9-10-19-16(22)23-17(2,3)4/h6-8,11-12H,9-10H2,1-5H3,(H,19,22). The third kappa shape index (κ3) is 6.91. The van der Waals surface area contributed by atoms with E-state index in [1.807, 2.05) is 25.1 Å². The Morgan fingerprint density at radius 1 is 1.35 bits per heavy atom. The van der Waals surface area contributed by atoms with Gasteiger partial charge in [-0.15, -0.1) is 0 Å². The van der Waals surface area contributed by atoms with Crippen molar-refractivity contribution in [3.63, 3.8) is 0 Å². The molecule has 1 aromatic rings. The van der Waals surface area contributed by atoms with Crippen molar-refractivity contribution in [2.45, 2.75) is 45.8 Å². The van der Waals surface area contributed by atoms with Gasteiger partial charge >= 0.3 is 6.09 Å². The summed E-state index contributed by atoms with van der Waals surface area (Å²) in [5.74, 6) is -0.0615. The Labute approximate surface area is 142 Å². The maximum Gasteiger partial charge on any atom is 0.407 e. The molecule has 0 saturated heterocycles. The second-order valence-electron chi connectivity index (χ2n) is 6.41. The molecule has 0 saturated carbocycles. The van der Waals surface area contributed by atoms with Crippen LogP contribution in [0, 0.1) is 0 Å². The first kappa shape index (κ1) is 19.3. The molecule has 1 unspecified atom stereocenters. The highest BCUT2D eigenvalue weighted by molar-refractivity contribution is 6.30. The van der Waals surface area contributed by atoms with E-state index in [-0.39, 0.29) is 24.9 Å². The highest BCUT2D eigenvalue weighted by Crippen LogP contribution is 2.22. The lowest BCUT2D eigenvalue weighted by molar-refractivity contribution is -0.131. The zero-order valence-corrected chi connectivity index (χ0v) is 15.1. The molecule has 1 aromatic carbocycles. The number of rotatable bonds is 5. The molecule has 0 spiro atoms. The smallest absolute Gasteiger partial charge is 0.407 e. The zero-order valence-electron chi connectivity index (χ0n) is 14.4. The van der Waals surface area contributed by atoms with Gasteiger partial charge in [0.2, 0.25) is 5.91 Å². The van der Waals surface area contributed by atoms with Crippen molar-refractivity contribution in [1.82, 2.24) is 10.2 Å². The van der Waals surface area contributed by atoms with Crippen LogP contribution in [0.1, 0.15) is 45.7 Å². The first-order valence-corrected chi connectivity index (χ1v) is 7.96. The van der Waals surface area contributed by atoms with Crippen molar-refractivity contribution in [2.24, 2.45) is 0 Å². The number of nitrogens with zero attached hydrogens (tertiary/aromatic N) is 1. The quantitative estimate of drug-likeness (QED) is 0.887. The van der Waals surface area contributed by atoms with Gasteiger partial charge in [0.25, 0.3) is 0 Å². The van der Waals surface area contributed by atoms with Crippen molar-refractivity contribution in [2.75, 3.05) is 13.6 Å². The maximum absolute atomic E-state index is 12.2. The summed E-state index contributed by atoms with van der Waals surface area (Å²) in [6.45, 7) is 7.54. The van der Waals surface area contributed by atoms with Gasteiger partial charge in [-0.3, -0.25) is 4.79 Å². The van der Waals surface area contributed by atoms with E-state index in [9.17, 15) is 9.59 Å². The summed E-state index contributed by atoms with van der Waals surface area (Å²) < 4.78 is 5.12. The Morgan fingerprint density at radius 3 is 2.57 bits per heavy atom. The number of benzene rings is 1. The third-order valence-electron chi connectivity index (χ3n) is 3.31. The lowest BCUT2D eigenvalue weighted by Crippen LogP contribution is -2.36. The first-order valence-electron chi connectivity index (χ1n) is 7.58.